The summed E-state index contributed by atoms with van der Waals surface area (Å²) in [4.78, 5) is 14.1. The summed E-state index contributed by atoms with van der Waals surface area (Å²) >= 11 is 7.40. The van der Waals surface area contributed by atoms with Gasteiger partial charge in [0.25, 0.3) is 6.43 Å². The molecule has 1 amide bonds. The van der Waals surface area contributed by atoms with Gasteiger partial charge in [-0.3, -0.25) is 4.68 Å². The largest absolute Gasteiger partial charge is 0.444 e. The Morgan fingerprint density at radius 2 is 2.00 bits per heavy atom. The van der Waals surface area contributed by atoms with Crippen molar-refractivity contribution in [2.45, 2.75) is 50.5 Å². The molecule has 1 aromatic rings. The van der Waals surface area contributed by atoms with Crippen molar-refractivity contribution in [3.8, 4) is 0 Å². The number of aromatic nitrogens is 2. The smallest absolute Gasteiger partial charge is 0.410 e. The van der Waals surface area contributed by atoms with Crippen LogP contribution in [-0.4, -0.2) is 45.2 Å². The van der Waals surface area contributed by atoms with Gasteiger partial charge in [-0.2, -0.15) is 5.10 Å². The van der Waals surface area contributed by atoms with E-state index in [1.165, 1.54) is 16.4 Å². The fourth-order valence-corrected chi connectivity index (χ4v) is 4.15. The fraction of sp³-hybridized carbons (Fsp3) is 0.750. The van der Waals surface area contributed by atoms with Crippen LogP contribution >= 0.6 is 23.4 Å². The summed E-state index contributed by atoms with van der Waals surface area (Å²) in [6.45, 7) is 6.75. The molecule has 1 aromatic heterocycles. The van der Waals surface area contributed by atoms with Crippen LogP contribution in [0.2, 0.25) is 5.15 Å². The molecule has 9 heteroatoms. The first-order valence-electron chi connectivity index (χ1n) is 8.19. The second-order valence-electron chi connectivity index (χ2n) is 7.15. The van der Waals surface area contributed by atoms with Gasteiger partial charge < -0.3 is 9.64 Å². The third-order valence-electron chi connectivity index (χ3n) is 3.90. The van der Waals surface area contributed by atoms with E-state index in [4.69, 9.17) is 16.3 Å². The maximum Gasteiger partial charge on any atom is 0.410 e. The van der Waals surface area contributed by atoms with Gasteiger partial charge in [-0.1, -0.05) is 11.6 Å². The highest BCUT2D eigenvalue weighted by Gasteiger charge is 2.28. The summed E-state index contributed by atoms with van der Waals surface area (Å²) in [5.74, 6) is 1.01. The van der Waals surface area contributed by atoms with Crippen molar-refractivity contribution in [1.82, 2.24) is 14.7 Å². The van der Waals surface area contributed by atoms with Gasteiger partial charge in [-0.25, -0.2) is 13.6 Å². The summed E-state index contributed by atoms with van der Waals surface area (Å²) in [6.07, 6.45) is -1.31. The van der Waals surface area contributed by atoms with Gasteiger partial charge in [0.2, 0.25) is 0 Å². The summed E-state index contributed by atoms with van der Waals surface area (Å²) < 4.78 is 32.8. The maximum absolute atomic E-state index is 13.1. The van der Waals surface area contributed by atoms with Crippen molar-refractivity contribution in [1.29, 1.82) is 0 Å². The molecule has 0 spiro atoms. The number of likely N-dealkylation sites (tertiary alicyclic amines) is 1. The van der Waals surface area contributed by atoms with Crippen molar-refractivity contribution in [2.75, 3.05) is 18.8 Å². The molecule has 0 N–H and O–H groups in total. The number of hydrogen-bond acceptors (Lipinski definition) is 4. The highest BCUT2D eigenvalue weighted by atomic mass is 35.5. The molecule has 2 heterocycles. The monoisotopic (exact) mass is 395 g/mol. The lowest BCUT2D eigenvalue weighted by Crippen LogP contribution is -2.42. The quantitative estimate of drug-likeness (QED) is 0.690. The topological polar surface area (TPSA) is 47.4 Å². The van der Waals surface area contributed by atoms with Gasteiger partial charge in [0.1, 0.15) is 16.4 Å². The van der Waals surface area contributed by atoms with E-state index in [-0.39, 0.29) is 16.9 Å². The van der Waals surface area contributed by atoms with E-state index in [0.717, 1.165) is 12.8 Å². The van der Waals surface area contributed by atoms with E-state index < -0.39 is 12.0 Å². The van der Waals surface area contributed by atoms with E-state index >= 15 is 0 Å². The Labute approximate surface area is 156 Å². The average Bonchev–Trinajstić information content (AvgIpc) is 2.80. The molecule has 142 valence electrons. The normalized spacial score (nSPS) is 16.6. The molecule has 1 fully saturated rings. The lowest BCUT2D eigenvalue weighted by atomic mass is 9.99. The minimum atomic E-state index is -2.64. The van der Waals surface area contributed by atoms with Crippen LogP contribution in [0, 0.1) is 5.92 Å². The number of thioether (sulfide) groups is 1. The average molecular weight is 396 g/mol. The lowest BCUT2D eigenvalue weighted by molar-refractivity contribution is 0.0191. The minimum absolute atomic E-state index is 0.242. The third-order valence-corrected chi connectivity index (χ3v) is 5.77. The molecule has 0 radical (unpaired) electrons. The molecule has 25 heavy (non-hydrogen) atoms. The first-order valence-corrected chi connectivity index (χ1v) is 9.56. The molecule has 0 bridgehead atoms. The van der Waals surface area contributed by atoms with Crippen molar-refractivity contribution in [3.05, 3.63) is 10.8 Å². The van der Waals surface area contributed by atoms with Gasteiger partial charge in [0.05, 0.1) is 4.90 Å². The molecule has 1 aliphatic heterocycles. The number of rotatable bonds is 4. The Hall–Kier alpha value is -1.02. The Balaban J connectivity index is 1.86. The van der Waals surface area contributed by atoms with Gasteiger partial charge in [-0.05, 0) is 39.5 Å². The SMILES string of the molecule is Cn1nc(C(F)F)c(SCC2CCN(C(=O)OC(C)(C)C)CC2)c1Cl. The molecule has 5 nitrogen and oxygen atoms in total. The Kier molecular flexibility index (Phi) is 6.59. The molecule has 0 unspecified atom stereocenters. The second kappa shape index (κ2) is 8.12. The summed E-state index contributed by atoms with van der Waals surface area (Å²) in [5.41, 5.74) is -0.768. The van der Waals surface area contributed by atoms with E-state index in [1.54, 1.807) is 11.9 Å². The number of aryl methyl sites for hydroxylation is 1. The number of carbonyl (C=O) groups excluding carboxylic acids is 1. The predicted octanol–water partition coefficient (Wildman–Crippen LogP) is 4.75. The van der Waals surface area contributed by atoms with Crippen LogP contribution in [0.3, 0.4) is 0 Å². The van der Waals surface area contributed by atoms with Crippen LogP contribution in [0.4, 0.5) is 13.6 Å². The number of carbonyl (C=O) groups is 1. The second-order valence-corrected chi connectivity index (χ2v) is 8.54. The molecule has 0 atom stereocenters. The van der Waals surface area contributed by atoms with E-state index in [1.807, 2.05) is 20.8 Å². The van der Waals surface area contributed by atoms with Crippen LogP contribution in [0.5, 0.6) is 0 Å². The number of ether oxygens (including phenoxy) is 1. The number of halogens is 3. The van der Waals surface area contributed by atoms with Crippen LogP contribution in [-0.2, 0) is 11.8 Å². The summed E-state index contributed by atoms with van der Waals surface area (Å²) in [7, 11) is 1.55. The predicted molar refractivity (Wildman–Crippen MR) is 94.4 cm³/mol. The number of hydrogen-bond donors (Lipinski definition) is 0. The zero-order valence-corrected chi connectivity index (χ0v) is 16.5. The molecule has 0 saturated carbocycles. The van der Waals surface area contributed by atoms with E-state index in [0.29, 0.717) is 29.7 Å². The number of alkyl halides is 2. The summed E-state index contributed by atoms with van der Waals surface area (Å²) in [6, 6.07) is 0. The maximum atomic E-state index is 13.1. The summed E-state index contributed by atoms with van der Waals surface area (Å²) in [5, 5.41) is 4.03. The van der Waals surface area contributed by atoms with Crippen LogP contribution in [0.15, 0.2) is 4.90 Å². The van der Waals surface area contributed by atoms with Crippen molar-refractivity contribution < 1.29 is 18.3 Å². The van der Waals surface area contributed by atoms with Gasteiger partial charge in [0, 0.05) is 25.9 Å². The lowest BCUT2D eigenvalue weighted by Gasteiger charge is -2.33. The molecule has 1 aliphatic rings. The van der Waals surface area contributed by atoms with Crippen molar-refractivity contribution in [3.63, 3.8) is 0 Å². The Bertz CT molecular complexity index is 611. The van der Waals surface area contributed by atoms with Crippen molar-refractivity contribution in [2.24, 2.45) is 13.0 Å². The number of piperidine rings is 1. The molecule has 0 aromatic carbocycles. The molecule has 1 saturated heterocycles. The third kappa shape index (κ3) is 5.48. The fourth-order valence-electron chi connectivity index (χ4n) is 2.59. The number of nitrogens with zero attached hydrogens (tertiary/aromatic N) is 3. The standard InChI is InChI=1S/C16H24ClF2N3O2S/c1-16(2,3)24-15(23)22-7-5-10(6-8-22)9-25-12-11(14(18)19)20-21(4)13(12)17/h10,14H,5-9H2,1-4H3. The van der Waals surface area contributed by atoms with Crippen LogP contribution in [0.1, 0.15) is 45.7 Å². The van der Waals surface area contributed by atoms with Gasteiger partial charge in [0.15, 0.2) is 0 Å². The van der Waals surface area contributed by atoms with Gasteiger partial charge in [-0.15, -0.1) is 11.8 Å². The zero-order valence-electron chi connectivity index (χ0n) is 14.9. The van der Waals surface area contributed by atoms with Crippen LogP contribution < -0.4 is 0 Å². The highest BCUT2D eigenvalue weighted by molar-refractivity contribution is 7.99. The van der Waals surface area contributed by atoms with Gasteiger partial charge >= 0.3 is 6.09 Å². The molecular weight excluding hydrogens is 372 g/mol. The first kappa shape index (κ1) is 20.3. The zero-order chi connectivity index (χ0) is 18.8. The van der Waals surface area contributed by atoms with E-state index in [9.17, 15) is 13.6 Å². The highest BCUT2D eigenvalue weighted by Crippen LogP contribution is 2.37. The first-order chi connectivity index (χ1) is 11.6. The Morgan fingerprint density at radius 3 is 2.52 bits per heavy atom. The van der Waals surface area contributed by atoms with Crippen molar-refractivity contribution >= 4 is 29.5 Å². The molecule has 0 aliphatic carbocycles. The molecular formula is C16H24ClF2N3O2S. The Morgan fingerprint density at radius 1 is 1.40 bits per heavy atom. The van der Waals surface area contributed by atoms with Crippen LogP contribution in [0.25, 0.3) is 0 Å². The number of amides is 1. The minimum Gasteiger partial charge on any atom is -0.444 e. The molecule has 2 rings (SSSR count). The van der Waals surface area contributed by atoms with E-state index in [2.05, 4.69) is 5.10 Å².